The second kappa shape index (κ2) is 4.63. The number of fused-ring (bicyclic) bond motifs is 1. The lowest BCUT2D eigenvalue weighted by Crippen LogP contribution is -2.10. The molecule has 1 aliphatic rings. The van der Waals surface area contributed by atoms with Crippen LogP contribution in [0.15, 0.2) is 4.60 Å². The molecule has 1 aliphatic heterocycles. The van der Waals surface area contributed by atoms with Crippen LogP contribution in [0.4, 0.5) is 0 Å². The Morgan fingerprint density at radius 1 is 1.53 bits per heavy atom. The first-order valence-corrected chi connectivity index (χ1v) is 6.16. The molecule has 0 aromatic carbocycles. The number of aliphatic hydroxyl groups excluding tert-OH is 1. The Hall–Kier alpha value is -0.390. The van der Waals surface area contributed by atoms with Gasteiger partial charge < -0.3 is 15.4 Å². The lowest BCUT2D eigenvalue weighted by atomic mass is 10.2. The van der Waals surface area contributed by atoms with Gasteiger partial charge in [-0.25, -0.2) is 4.98 Å². The minimum atomic E-state index is -0.539. The molecular formula is C10H16BrN3O. The standard InChI is InChI=1S/C10H16BrN3O/c11-10-9(7(15)4-5-12)13-8-3-1-2-6-14(8)10/h7,15H,1-6,12H2. The summed E-state index contributed by atoms with van der Waals surface area (Å²) in [5.41, 5.74) is 6.18. The largest absolute Gasteiger partial charge is 0.387 e. The van der Waals surface area contributed by atoms with Crippen LogP contribution in [0.2, 0.25) is 0 Å². The molecule has 0 amide bonds. The number of nitrogens with zero attached hydrogens (tertiary/aromatic N) is 2. The van der Waals surface area contributed by atoms with Gasteiger partial charge in [-0.3, -0.25) is 0 Å². The average molecular weight is 274 g/mol. The number of halogens is 1. The van der Waals surface area contributed by atoms with Gasteiger partial charge in [0.25, 0.3) is 0 Å². The van der Waals surface area contributed by atoms with Crippen LogP contribution in [0.5, 0.6) is 0 Å². The van der Waals surface area contributed by atoms with Crippen LogP contribution >= 0.6 is 15.9 Å². The number of aromatic nitrogens is 2. The highest BCUT2D eigenvalue weighted by molar-refractivity contribution is 9.10. The molecule has 0 aliphatic carbocycles. The van der Waals surface area contributed by atoms with Crippen molar-refractivity contribution in [1.29, 1.82) is 0 Å². The van der Waals surface area contributed by atoms with Crippen molar-refractivity contribution >= 4 is 15.9 Å². The normalized spacial score (nSPS) is 17.5. The predicted octanol–water partition coefficient (Wildman–Crippen LogP) is 1.36. The molecular weight excluding hydrogens is 258 g/mol. The molecule has 0 bridgehead atoms. The van der Waals surface area contributed by atoms with E-state index in [1.165, 1.54) is 12.8 Å². The summed E-state index contributed by atoms with van der Waals surface area (Å²) in [7, 11) is 0. The molecule has 0 saturated heterocycles. The number of nitrogens with two attached hydrogens (primary N) is 1. The molecule has 2 rings (SSSR count). The number of aryl methyl sites for hydroxylation is 1. The van der Waals surface area contributed by atoms with E-state index in [9.17, 15) is 5.11 Å². The van der Waals surface area contributed by atoms with Crippen molar-refractivity contribution in [3.8, 4) is 0 Å². The molecule has 4 nitrogen and oxygen atoms in total. The summed E-state index contributed by atoms with van der Waals surface area (Å²) < 4.78 is 3.08. The van der Waals surface area contributed by atoms with E-state index in [0.29, 0.717) is 13.0 Å². The minimum absolute atomic E-state index is 0.482. The zero-order chi connectivity index (χ0) is 10.8. The zero-order valence-corrected chi connectivity index (χ0v) is 10.2. The summed E-state index contributed by atoms with van der Waals surface area (Å²) in [6, 6.07) is 0. The second-order valence-corrected chi connectivity index (χ2v) is 4.66. The second-order valence-electron chi connectivity index (χ2n) is 3.91. The maximum absolute atomic E-state index is 9.86. The highest BCUT2D eigenvalue weighted by Crippen LogP contribution is 2.29. The van der Waals surface area contributed by atoms with Gasteiger partial charge in [0.1, 0.15) is 16.1 Å². The number of hydrogen-bond acceptors (Lipinski definition) is 3. The number of imidazole rings is 1. The molecule has 15 heavy (non-hydrogen) atoms. The maximum Gasteiger partial charge on any atom is 0.111 e. The fourth-order valence-corrected chi connectivity index (χ4v) is 2.71. The van der Waals surface area contributed by atoms with Gasteiger partial charge in [0, 0.05) is 13.0 Å². The molecule has 0 spiro atoms. The molecule has 0 radical (unpaired) electrons. The van der Waals surface area contributed by atoms with E-state index in [0.717, 1.165) is 29.1 Å². The van der Waals surface area contributed by atoms with Crippen molar-refractivity contribution in [2.45, 2.75) is 38.3 Å². The first kappa shape index (κ1) is 11.1. The smallest absolute Gasteiger partial charge is 0.111 e. The first-order valence-electron chi connectivity index (χ1n) is 5.37. The zero-order valence-electron chi connectivity index (χ0n) is 8.62. The summed E-state index contributed by atoms with van der Waals surface area (Å²) in [4.78, 5) is 4.48. The number of rotatable bonds is 3. The SMILES string of the molecule is NCCC(O)c1nc2n(c1Br)CCCC2. The van der Waals surface area contributed by atoms with Gasteiger partial charge >= 0.3 is 0 Å². The molecule has 1 atom stereocenters. The van der Waals surface area contributed by atoms with Crippen molar-refractivity contribution in [3.63, 3.8) is 0 Å². The minimum Gasteiger partial charge on any atom is -0.387 e. The van der Waals surface area contributed by atoms with E-state index < -0.39 is 6.10 Å². The van der Waals surface area contributed by atoms with E-state index in [1.807, 2.05) is 0 Å². The van der Waals surface area contributed by atoms with Crippen molar-refractivity contribution in [2.75, 3.05) is 6.54 Å². The van der Waals surface area contributed by atoms with Gasteiger partial charge in [-0.05, 0) is 41.7 Å². The van der Waals surface area contributed by atoms with Crippen LogP contribution in [-0.2, 0) is 13.0 Å². The molecule has 1 unspecified atom stereocenters. The van der Waals surface area contributed by atoms with E-state index >= 15 is 0 Å². The molecule has 0 saturated carbocycles. The highest BCUT2D eigenvalue weighted by atomic mass is 79.9. The van der Waals surface area contributed by atoms with Crippen LogP contribution in [0.25, 0.3) is 0 Å². The highest BCUT2D eigenvalue weighted by Gasteiger charge is 2.21. The van der Waals surface area contributed by atoms with Gasteiger partial charge in [0.15, 0.2) is 0 Å². The third kappa shape index (κ3) is 2.09. The summed E-state index contributed by atoms with van der Waals surface area (Å²) in [6.45, 7) is 1.48. The fourth-order valence-electron chi connectivity index (χ4n) is 1.97. The Morgan fingerprint density at radius 2 is 2.33 bits per heavy atom. The lowest BCUT2D eigenvalue weighted by molar-refractivity contribution is 0.165. The van der Waals surface area contributed by atoms with Crippen LogP contribution in [0.1, 0.15) is 36.9 Å². The molecule has 1 aromatic rings. The van der Waals surface area contributed by atoms with Gasteiger partial charge in [-0.2, -0.15) is 0 Å². The Kier molecular flexibility index (Phi) is 3.43. The van der Waals surface area contributed by atoms with Crippen LogP contribution in [0.3, 0.4) is 0 Å². The molecule has 0 fully saturated rings. The fraction of sp³-hybridized carbons (Fsp3) is 0.700. The summed E-state index contributed by atoms with van der Waals surface area (Å²) >= 11 is 3.51. The summed E-state index contributed by atoms with van der Waals surface area (Å²) in [5, 5.41) is 9.86. The van der Waals surface area contributed by atoms with Gasteiger partial charge in [0.2, 0.25) is 0 Å². The summed E-state index contributed by atoms with van der Waals surface area (Å²) in [6.07, 6.45) is 3.41. The van der Waals surface area contributed by atoms with E-state index in [4.69, 9.17) is 5.73 Å². The lowest BCUT2D eigenvalue weighted by Gasteiger charge is -2.13. The van der Waals surface area contributed by atoms with Crippen molar-refractivity contribution in [3.05, 3.63) is 16.1 Å². The molecule has 1 aromatic heterocycles. The van der Waals surface area contributed by atoms with Crippen molar-refractivity contribution in [2.24, 2.45) is 5.73 Å². The van der Waals surface area contributed by atoms with E-state index in [1.54, 1.807) is 0 Å². The Morgan fingerprint density at radius 3 is 3.00 bits per heavy atom. The molecule has 5 heteroatoms. The van der Waals surface area contributed by atoms with Gasteiger partial charge in [-0.1, -0.05) is 0 Å². The van der Waals surface area contributed by atoms with E-state index in [2.05, 4.69) is 25.5 Å². The van der Waals surface area contributed by atoms with Gasteiger partial charge in [0.05, 0.1) is 6.10 Å². The van der Waals surface area contributed by atoms with Crippen LogP contribution in [-0.4, -0.2) is 21.2 Å². The Bertz CT molecular complexity index is 351. The molecule has 84 valence electrons. The predicted molar refractivity (Wildman–Crippen MR) is 61.5 cm³/mol. The van der Waals surface area contributed by atoms with Crippen LogP contribution < -0.4 is 5.73 Å². The molecule has 3 N–H and O–H groups in total. The third-order valence-electron chi connectivity index (χ3n) is 2.80. The third-order valence-corrected chi connectivity index (χ3v) is 3.63. The number of aliphatic hydroxyl groups is 1. The maximum atomic E-state index is 9.86. The van der Waals surface area contributed by atoms with Crippen molar-refractivity contribution in [1.82, 2.24) is 9.55 Å². The molecule has 2 heterocycles. The summed E-state index contributed by atoms with van der Waals surface area (Å²) in [5.74, 6) is 1.08. The average Bonchev–Trinajstić information content (AvgIpc) is 2.57. The Balaban J connectivity index is 2.28. The first-order chi connectivity index (χ1) is 7.24. The topological polar surface area (TPSA) is 64.1 Å². The quantitative estimate of drug-likeness (QED) is 0.874. The van der Waals surface area contributed by atoms with Crippen molar-refractivity contribution < 1.29 is 5.11 Å². The van der Waals surface area contributed by atoms with Gasteiger partial charge in [-0.15, -0.1) is 0 Å². The number of hydrogen-bond donors (Lipinski definition) is 2. The Labute approximate surface area is 97.6 Å². The van der Waals surface area contributed by atoms with Crippen LogP contribution in [0, 0.1) is 0 Å². The monoisotopic (exact) mass is 273 g/mol. The van der Waals surface area contributed by atoms with E-state index in [-0.39, 0.29) is 0 Å².